The van der Waals surface area contributed by atoms with Gasteiger partial charge in [-0.25, -0.2) is 18.4 Å². The monoisotopic (exact) mass is 329 g/mol. The lowest BCUT2D eigenvalue weighted by Crippen LogP contribution is -2.42. The van der Waals surface area contributed by atoms with Crippen molar-refractivity contribution in [3.05, 3.63) is 17.7 Å². The lowest BCUT2D eigenvalue weighted by Gasteiger charge is -2.31. The molecule has 1 fully saturated rings. The molecule has 0 amide bonds. The first-order valence-electron chi connectivity index (χ1n) is 5.75. The zero-order chi connectivity index (χ0) is 15.0. The van der Waals surface area contributed by atoms with Crippen LogP contribution in [0, 0.1) is 5.92 Å². The van der Waals surface area contributed by atoms with Crippen LogP contribution in [0.3, 0.4) is 0 Å². The molecule has 0 radical (unpaired) electrons. The zero-order valence-electron chi connectivity index (χ0n) is 10.1. The van der Waals surface area contributed by atoms with Crippen molar-refractivity contribution >= 4 is 21.6 Å². The van der Waals surface area contributed by atoms with E-state index in [9.17, 15) is 21.6 Å². The van der Waals surface area contributed by atoms with E-state index in [4.69, 9.17) is 11.6 Å². The van der Waals surface area contributed by atoms with Crippen LogP contribution in [0.15, 0.2) is 17.3 Å². The van der Waals surface area contributed by atoms with Gasteiger partial charge in [-0.15, -0.1) is 0 Å². The van der Waals surface area contributed by atoms with Gasteiger partial charge in [0.2, 0.25) is 15.3 Å². The minimum atomic E-state index is -4.28. The van der Waals surface area contributed by atoms with Crippen molar-refractivity contribution in [1.29, 1.82) is 0 Å². The molecule has 1 aromatic rings. The number of aromatic nitrogens is 2. The quantitative estimate of drug-likeness (QED) is 0.779. The SMILES string of the molecule is O=S(=O)(c1cnc(Cl)nc1)N1CCC(C(F)(F)F)CC1. The van der Waals surface area contributed by atoms with Gasteiger partial charge in [0.25, 0.3) is 0 Å². The topological polar surface area (TPSA) is 63.2 Å². The Bertz CT molecular complexity index is 568. The second-order valence-electron chi connectivity index (χ2n) is 4.41. The highest BCUT2D eigenvalue weighted by Gasteiger charge is 2.43. The zero-order valence-corrected chi connectivity index (χ0v) is 11.7. The fourth-order valence-electron chi connectivity index (χ4n) is 2.01. The van der Waals surface area contributed by atoms with Gasteiger partial charge < -0.3 is 0 Å². The van der Waals surface area contributed by atoms with Gasteiger partial charge in [-0.05, 0) is 24.4 Å². The van der Waals surface area contributed by atoms with E-state index in [1.54, 1.807) is 0 Å². The molecule has 1 aliphatic heterocycles. The van der Waals surface area contributed by atoms with E-state index >= 15 is 0 Å². The fourth-order valence-corrected chi connectivity index (χ4v) is 3.47. The summed E-state index contributed by atoms with van der Waals surface area (Å²) in [7, 11) is -3.87. The Hall–Kier alpha value is -0.930. The maximum atomic E-state index is 12.5. The molecule has 10 heteroatoms. The number of piperidine rings is 1. The van der Waals surface area contributed by atoms with E-state index < -0.39 is 22.1 Å². The summed E-state index contributed by atoms with van der Waals surface area (Å²) >= 11 is 5.46. The van der Waals surface area contributed by atoms with Gasteiger partial charge in [-0.3, -0.25) is 0 Å². The number of nitrogens with zero attached hydrogens (tertiary/aromatic N) is 3. The molecule has 1 saturated heterocycles. The second-order valence-corrected chi connectivity index (χ2v) is 6.68. The molecule has 0 N–H and O–H groups in total. The van der Waals surface area contributed by atoms with E-state index in [1.165, 1.54) is 0 Å². The third-order valence-electron chi connectivity index (χ3n) is 3.15. The summed E-state index contributed by atoms with van der Waals surface area (Å²) in [6.07, 6.45) is -2.67. The van der Waals surface area contributed by atoms with Crippen molar-refractivity contribution in [1.82, 2.24) is 14.3 Å². The molecule has 2 heterocycles. The van der Waals surface area contributed by atoms with Gasteiger partial charge in [-0.2, -0.15) is 17.5 Å². The molecule has 0 unspecified atom stereocenters. The Morgan fingerprint density at radius 1 is 1.20 bits per heavy atom. The summed E-state index contributed by atoms with van der Waals surface area (Å²) < 4.78 is 63.0. The number of hydrogen-bond acceptors (Lipinski definition) is 4. The van der Waals surface area contributed by atoms with Crippen LogP contribution in [-0.2, 0) is 10.0 Å². The lowest BCUT2D eigenvalue weighted by atomic mass is 9.98. The van der Waals surface area contributed by atoms with E-state index in [-0.39, 0.29) is 36.1 Å². The van der Waals surface area contributed by atoms with Gasteiger partial charge in [0.1, 0.15) is 4.90 Å². The first-order valence-corrected chi connectivity index (χ1v) is 7.57. The Kier molecular flexibility index (Phi) is 4.22. The molecule has 0 bridgehead atoms. The molecule has 0 aromatic carbocycles. The normalized spacial score (nSPS) is 19.2. The average Bonchev–Trinajstić information content (AvgIpc) is 2.38. The summed E-state index contributed by atoms with van der Waals surface area (Å²) in [4.78, 5) is 6.95. The largest absolute Gasteiger partial charge is 0.391 e. The average molecular weight is 330 g/mol. The predicted octanol–water partition coefficient (Wildman–Crippen LogP) is 2.09. The van der Waals surface area contributed by atoms with Crippen LogP contribution in [0.5, 0.6) is 0 Å². The van der Waals surface area contributed by atoms with Crippen molar-refractivity contribution in [2.24, 2.45) is 5.92 Å². The van der Waals surface area contributed by atoms with Crippen molar-refractivity contribution in [3.63, 3.8) is 0 Å². The molecule has 0 atom stereocenters. The van der Waals surface area contributed by atoms with Crippen molar-refractivity contribution in [2.75, 3.05) is 13.1 Å². The van der Waals surface area contributed by atoms with E-state index in [0.717, 1.165) is 16.7 Å². The van der Waals surface area contributed by atoms with Gasteiger partial charge in [0, 0.05) is 13.1 Å². The Balaban J connectivity index is 2.11. The Morgan fingerprint density at radius 3 is 2.15 bits per heavy atom. The van der Waals surface area contributed by atoms with Crippen LogP contribution in [-0.4, -0.2) is 42.0 Å². The van der Waals surface area contributed by atoms with Crippen molar-refractivity contribution in [3.8, 4) is 0 Å². The number of alkyl halides is 3. The van der Waals surface area contributed by atoms with E-state index in [2.05, 4.69) is 9.97 Å². The number of hydrogen-bond donors (Lipinski definition) is 0. The third-order valence-corrected chi connectivity index (χ3v) is 5.20. The number of sulfonamides is 1. The summed E-state index contributed by atoms with van der Waals surface area (Å²) in [5.41, 5.74) is 0. The third kappa shape index (κ3) is 3.21. The highest BCUT2D eigenvalue weighted by Crippen LogP contribution is 2.35. The second kappa shape index (κ2) is 5.45. The molecular weight excluding hydrogens is 319 g/mol. The molecular formula is C10H11ClF3N3O2S. The van der Waals surface area contributed by atoms with E-state index in [1.807, 2.05) is 0 Å². The maximum Gasteiger partial charge on any atom is 0.391 e. The molecule has 2 rings (SSSR count). The molecule has 0 saturated carbocycles. The molecule has 0 spiro atoms. The van der Waals surface area contributed by atoms with E-state index in [0.29, 0.717) is 0 Å². The summed E-state index contributed by atoms with van der Waals surface area (Å²) in [6.45, 7) is -0.343. The van der Waals surface area contributed by atoms with Crippen molar-refractivity contribution < 1.29 is 21.6 Å². The molecule has 1 aliphatic rings. The summed E-state index contributed by atoms with van der Waals surface area (Å²) in [6, 6.07) is 0. The number of halogens is 4. The molecule has 112 valence electrons. The van der Waals surface area contributed by atoms with Crippen LogP contribution in [0.2, 0.25) is 5.28 Å². The van der Waals surface area contributed by atoms with Crippen LogP contribution >= 0.6 is 11.6 Å². The highest BCUT2D eigenvalue weighted by molar-refractivity contribution is 7.89. The molecule has 1 aromatic heterocycles. The first kappa shape index (κ1) is 15.5. The van der Waals surface area contributed by atoms with Crippen LogP contribution in [0.1, 0.15) is 12.8 Å². The van der Waals surface area contributed by atoms with Gasteiger partial charge in [-0.1, -0.05) is 0 Å². The minimum absolute atomic E-state index is 0.0975. The number of rotatable bonds is 2. The molecule has 0 aliphatic carbocycles. The van der Waals surface area contributed by atoms with Crippen LogP contribution in [0.4, 0.5) is 13.2 Å². The van der Waals surface area contributed by atoms with Gasteiger partial charge >= 0.3 is 6.18 Å². The molecule has 5 nitrogen and oxygen atoms in total. The lowest BCUT2D eigenvalue weighted by molar-refractivity contribution is -0.182. The smallest absolute Gasteiger partial charge is 0.225 e. The highest BCUT2D eigenvalue weighted by atomic mass is 35.5. The van der Waals surface area contributed by atoms with Crippen molar-refractivity contribution in [2.45, 2.75) is 23.9 Å². The minimum Gasteiger partial charge on any atom is -0.225 e. The Labute approximate surface area is 118 Å². The summed E-state index contributed by atoms with van der Waals surface area (Å²) in [5, 5.41) is -0.0975. The maximum absolute atomic E-state index is 12.5. The van der Waals surface area contributed by atoms with Crippen LogP contribution < -0.4 is 0 Å². The van der Waals surface area contributed by atoms with Crippen LogP contribution in [0.25, 0.3) is 0 Å². The fraction of sp³-hybridized carbons (Fsp3) is 0.600. The molecule has 20 heavy (non-hydrogen) atoms. The standard InChI is InChI=1S/C10H11ClF3N3O2S/c11-9-15-5-8(6-16-9)20(18,19)17-3-1-7(2-4-17)10(12,13)14/h5-7H,1-4H2. The predicted molar refractivity (Wildman–Crippen MR) is 64.6 cm³/mol. The van der Waals surface area contributed by atoms with Gasteiger partial charge in [0.05, 0.1) is 18.3 Å². The van der Waals surface area contributed by atoms with Gasteiger partial charge in [0.15, 0.2) is 0 Å². The first-order chi connectivity index (χ1) is 9.21. The Morgan fingerprint density at radius 2 is 1.70 bits per heavy atom. The summed E-state index contributed by atoms with van der Waals surface area (Å²) in [5.74, 6) is -1.45.